The first-order chi connectivity index (χ1) is 10.5. The highest BCUT2D eigenvalue weighted by Crippen LogP contribution is 2.12. The number of hydrogen-bond donors (Lipinski definition) is 1. The van der Waals surface area contributed by atoms with Crippen LogP contribution in [0, 0.1) is 0 Å². The smallest absolute Gasteiger partial charge is 0.325 e. The lowest BCUT2D eigenvalue weighted by molar-refractivity contribution is -0.130. The Morgan fingerprint density at radius 1 is 1.41 bits per heavy atom. The summed E-state index contributed by atoms with van der Waals surface area (Å²) in [5, 5.41) is 8.82. The van der Waals surface area contributed by atoms with Crippen molar-refractivity contribution in [1.82, 2.24) is 15.2 Å². The predicted octanol–water partition coefficient (Wildman–Crippen LogP) is 1.25. The quantitative estimate of drug-likeness (QED) is 0.656. The monoisotopic (exact) mass is 304 g/mol. The number of ether oxygens (including phenoxy) is 1. The van der Waals surface area contributed by atoms with Gasteiger partial charge in [-0.3, -0.25) is 14.7 Å². The third-order valence-electron chi connectivity index (χ3n) is 3.49. The third kappa shape index (κ3) is 3.55. The van der Waals surface area contributed by atoms with E-state index in [-0.39, 0.29) is 12.3 Å². The Kier molecular flexibility index (Phi) is 4.98. The lowest BCUT2D eigenvalue weighted by Gasteiger charge is -2.34. The fourth-order valence-electron chi connectivity index (χ4n) is 2.10. The van der Waals surface area contributed by atoms with Gasteiger partial charge in [-0.2, -0.15) is 5.10 Å². The van der Waals surface area contributed by atoms with Crippen LogP contribution < -0.4 is 10.1 Å². The number of urea groups is 1. The second-order valence-electron chi connectivity index (χ2n) is 4.90. The minimum atomic E-state index is -0.421. The van der Waals surface area contributed by atoms with E-state index in [2.05, 4.69) is 10.4 Å². The highest BCUT2D eigenvalue weighted by atomic mass is 16.5. The van der Waals surface area contributed by atoms with Crippen molar-refractivity contribution in [2.24, 2.45) is 5.10 Å². The summed E-state index contributed by atoms with van der Waals surface area (Å²) in [5.41, 5.74) is 0.907. The van der Waals surface area contributed by atoms with E-state index < -0.39 is 12.2 Å². The molecule has 0 aliphatic carbocycles. The van der Waals surface area contributed by atoms with Crippen LogP contribution in [0.2, 0.25) is 0 Å². The molecule has 0 aromatic heterocycles. The van der Waals surface area contributed by atoms with Crippen molar-refractivity contribution in [2.45, 2.75) is 19.5 Å². The Balaban J connectivity index is 2.06. The molecule has 3 amide bonds. The van der Waals surface area contributed by atoms with Crippen molar-refractivity contribution < 1.29 is 14.3 Å². The molecule has 0 saturated carbocycles. The van der Waals surface area contributed by atoms with Gasteiger partial charge < -0.3 is 10.1 Å². The molecule has 1 atom stereocenters. The number of amides is 3. The van der Waals surface area contributed by atoms with E-state index in [1.165, 1.54) is 7.05 Å². The molecule has 1 N–H and O–H groups in total. The molecule has 118 valence electrons. The number of methoxy groups -OCH3 is 1. The molecule has 1 aliphatic heterocycles. The maximum atomic E-state index is 11.8. The molecule has 7 heteroatoms. The van der Waals surface area contributed by atoms with Crippen LogP contribution in [0.25, 0.3) is 0 Å². The fraction of sp³-hybridized carbons (Fsp3) is 0.400. The molecule has 7 nitrogen and oxygen atoms in total. The van der Waals surface area contributed by atoms with Gasteiger partial charge in [0, 0.05) is 13.6 Å². The first-order valence-corrected chi connectivity index (χ1v) is 7.07. The summed E-state index contributed by atoms with van der Waals surface area (Å²) in [5.74, 6) is 0.560. The van der Waals surface area contributed by atoms with Crippen LogP contribution in [0.1, 0.15) is 18.9 Å². The van der Waals surface area contributed by atoms with Crippen molar-refractivity contribution in [3.63, 3.8) is 0 Å². The Morgan fingerprint density at radius 3 is 2.64 bits per heavy atom. The molecule has 0 bridgehead atoms. The van der Waals surface area contributed by atoms with E-state index in [0.717, 1.165) is 16.2 Å². The zero-order valence-corrected chi connectivity index (χ0v) is 12.9. The van der Waals surface area contributed by atoms with Crippen molar-refractivity contribution in [3.8, 4) is 5.75 Å². The van der Waals surface area contributed by atoms with E-state index in [4.69, 9.17) is 4.74 Å². The van der Waals surface area contributed by atoms with Gasteiger partial charge in [0.2, 0.25) is 5.91 Å². The molecular formula is C15H20N4O3. The molecule has 2 rings (SSSR count). The number of carbonyl (C=O) groups is 2. The summed E-state index contributed by atoms with van der Waals surface area (Å²) in [7, 11) is 3.08. The average molecular weight is 304 g/mol. The van der Waals surface area contributed by atoms with E-state index in [1.807, 2.05) is 31.2 Å². The van der Waals surface area contributed by atoms with Crippen molar-refractivity contribution >= 4 is 18.2 Å². The van der Waals surface area contributed by atoms with Gasteiger partial charge in [0.05, 0.1) is 19.7 Å². The normalized spacial score (nSPS) is 18.5. The minimum absolute atomic E-state index is 0.204. The summed E-state index contributed by atoms with van der Waals surface area (Å²) in [6, 6.07) is 7.06. The zero-order chi connectivity index (χ0) is 16.1. The van der Waals surface area contributed by atoms with Crippen LogP contribution in [0.3, 0.4) is 0 Å². The molecule has 22 heavy (non-hydrogen) atoms. The third-order valence-corrected chi connectivity index (χ3v) is 3.49. The van der Waals surface area contributed by atoms with Crippen molar-refractivity contribution in [2.75, 3.05) is 20.7 Å². The second kappa shape index (κ2) is 6.93. The number of nitrogens with one attached hydrogen (secondary N) is 1. The van der Waals surface area contributed by atoms with Gasteiger partial charge in [0.15, 0.2) is 0 Å². The Morgan fingerprint density at radius 2 is 2.09 bits per heavy atom. The molecule has 1 aromatic rings. The Labute approximate surface area is 129 Å². The number of carbonyl (C=O) groups excluding carboxylic acids is 2. The average Bonchev–Trinajstić information content (AvgIpc) is 2.53. The summed E-state index contributed by atoms with van der Waals surface area (Å²) in [6.45, 7) is 2.49. The van der Waals surface area contributed by atoms with Crippen molar-refractivity contribution in [3.05, 3.63) is 29.8 Å². The lowest BCUT2D eigenvalue weighted by Crippen LogP contribution is -2.58. The van der Waals surface area contributed by atoms with Gasteiger partial charge in [0.25, 0.3) is 0 Å². The van der Waals surface area contributed by atoms with Gasteiger partial charge >= 0.3 is 6.03 Å². The molecule has 0 spiro atoms. The van der Waals surface area contributed by atoms with Crippen LogP contribution in [-0.2, 0) is 4.79 Å². The maximum absolute atomic E-state index is 11.8. The molecule has 1 aromatic carbocycles. The van der Waals surface area contributed by atoms with Crippen LogP contribution in [0.4, 0.5) is 4.79 Å². The predicted molar refractivity (Wildman–Crippen MR) is 82.7 cm³/mol. The van der Waals surface area contributed by atoms with E-state index >= 15 is 0 Å². The van der Waals surface area contributed by atoms with E-state index in [1.54, 1.807) is 18.3 Å². The zero-order valence-electron chi connectivity index (χ0n) is 12.9. The summed E-state index contributed by atoms with van der Waals surface area (Å²) in [6.07, 6.45) is 1.48. The SMILES string of the molecule is CCN(/N=C/c1ccc(OC)cc1)C1CC(=O)N(C)C(=O)N1. The molecule has 1 heterocycles. The number of hydrazone groups is 1. The first kappa shape index (κ1) is 15.8. The maximum Gasteiger partial charge on any atom is 0.325 e. The number of benzene rings is 1. The number of imide groups is 1. The molecule has 1 saturated heterocycles. The van der Waals surface area contributed by atoms with Gasteiger partial charge in [0.1, 0.15) is 11.9 Å². The summed E-state index contributed by atoms with van der Waals surface area (Å²) >= 11 is 0. The molecule has 1 aliphatic rings. The van der Waals surface area contributed by atoms with Crippen LogP contribution in [0.5, 0.6) is 5.75 Å². The summed E-state index contributed by atoms with van der Waals surface area (Å²) < 4.78 is 5.10. The highest BCUT2D eigenvalue weighted by Gasteiger charge is 2.31. The Hall–Kier alpha value is -2.57. The largest absolute Gasteiger partial charge is 0.497 e. The number of hydrogen-bond acceptors (Lipinski definition) is 5. The van der Waals surface area contributed by atoms with Crippen LogP contribution >= 0.6 is 0 Å². The standard InChI is InChI=1S/C15H20N4O3/c1-4-19(13-9-14(20)18(2)15(21)17-13)16-10-11-5-7-12(22-3)8-6-11/h5-8,10,13H,4,9H2,1-3H3,(H,17,21)/b16-10+. The van der Waals surface area contributed by atoms with Gasteiger partial charge in [-0.1, -0.05) is 0 Å². The minimum Gasteiger partial charge on any atom is -0.497 e. The Bertz CT molecular complexity index is 553. The van der Waals surface area contributed by atoms with E-state index in [9.17, 15) is 9.59 Å². The molecule has 0 radical (unpaired) electrons. The van der Waals surface area contributed by atoms with Crippen molar-refractivity contribution in [1.29, 1.82) is 0 Å². The van der Waals surface area contributed by atoms with E-state index in [0.29, 0.717) is 6.54 Å². The lowest BCUT2D eigenvalue weighted by atomic mass is 10.2. The topological polar surface area (TPSA) is 74.2 Å². The van der Waals surface area contributed by atoms with Gasteiger partial charge in [-0.05, 0) is 36.8 Å². The second-order valence-corrected chi connectivity index (χ2v) is 4.90. The van der Waals surface area contributed by atoms with Gasteiger partial charge in [-0.25, -0.2) is 4.79 Å². The molecular weight excluding hydrogens is 284 g/mol. The highest BCUT2D eigenvalue weighted by molar-refractivity contribution is 5.96. The molecule has 1 unspecified atom stereocenters. The first-order valence-electron chi connectivity index (χ1n) is 7.07. The fourth-order valence-corrected chi connectivity index (χ4v) is 2.10. The molecule has 1 fully saturated rings. The number of nitrogens with zero attached hydrogens (tertiary/aromatic N) is 3. The number of rotatable bonds is 5. The van der Waals surface area contributed by atoms with Gasteiger partial charge in [-0.15, -0.1) is 0 Å². The van der Waals surface area contributed by atoms with Crippen LogP contribution in [-0.4, -0.2) is 54.9 Å². The van der Waals surface area contributed by atoms with Crippen LogP contribution in [0.15, 0.2) is 29.4 Å². The summed E-state index contributed by atoms with van der Waals surface area (Å²) in [4.78, 5) is 24.5.